The first kappa shape index (κ1) is 14.7. The highest BCUT2D eigenvalue weighted by Crippen LogP contribution is 2.14. The van der Waals surface area contributed by atoms with Gasteiger partial charge in [-0.3, -0.25) is 4.79 Å². The molecule has 0 unspecified atom stereocenters. The number of urea groups is 1. The van der Waals surface area contributed by atoms with Crippen molar-refractivity contribution in [1.82, 2.24) is 15.1 Å². The molecule has 0 atom stereocenters. The molecule has 5 nitrogen and oxygen atoms in total. The second-order valence-corrected chi connectivity index (χ2v) is 5.06. The molecule has 1 N–H and O–H groups in total. The van der Waals surface area contributed by atoms with Crippen LogP contribution in [-0.2, 0) is 0 Å². The van der Waals surface area contributed by atoms with E-state index in [4.69, 9.17) is 11.6 Å². The third-order valence-corrected chi connectivity index (χ3v) is 3.49. The summed E-state index contributed by atoms with van der Waals surface area (Å²) in [6.07, 6.45) is 0. The molecule has 3 amide bonds. The highest BCUT2D eigenvalue weighted by atomic mass is 35.5. The fourth-order valence-electron chi connectivity index (χ4n) is 2.18. The number of nitrogens with zero attached hydrogens (tertiary/aromatic N) is 2. The van der Waals surface area contributed by atoms with Crippen LogP contribution in [0, 0.1) is 0 Å². The van der Waals surface area contributed by atoms with Crippen molar-refractivity contribution in [3.05, 3.63) is 34.9 Å². The Morgan fingerprint density at radius 2 is 1.85 bits per heavy atom. The van der Waals surface area contributed by atoms with E-state index in [0.29, 0.717) is 43.3 Å². The minimum atomic E-state index is -0.0673. The number of piperazine rings is 1. The molecule has 6 heteroatoms. The molecule has 1 heterocycles. The van der Waals surface area contributed by atoms with E-state index < -0.39 is 0 Å². The van der Waals surface area contributed by atoms with E-state index in [0.717, 1.165) is 0 Å². The average molecular weight is 296 g/mol. The molecule has 0 saturated carbocycles. The maximum atomic E-state index is 12.3. The van der Waals surface area contributed by atoms with E-state index in [-0.39, 0.29) is 11.9 Å². The van der Waals surface area contributed by atoms with Crippen LogP contribution in [0.15, 0.2) is 24.3 Å². The van der Waals surface area contributed by atoms with Gasteiger partial charge in [-0.05, 0) is 25.1 Å². The van der Waals surface area contributed by atoms with Crippen molar-refractivity contribution in [3.8, 4) is 0 Å². The lowest BCUT2D eigenvalue weighted by Crippen LogP contribution is -2.53. The molecule has 0 aromatic heterocycles. The fourth-order valence-corrected chi connectivity index (χ4v) is 2.37. The van der Waals surface area contributed by atoms with Gasteiger partial charge >= 0.3 is 6.03 Å². The van der Waals surface area contributed by atoms with Crippen molar-refractivity contribution in [2.45, 2.75) is 6.92 Å². The number of amides is 3. The van der Waals surface area contributed by atoms with Crippen LogP contribution in [0.1, 0.15) is 17.3 Å². The summed E-state index contributed by atoms with van der Waals surface area (Å²) in [4.78, 5) is 27.5. The Bertz CT molecular complexity index is 499. The Hall–Kier alpha value is -1.75. The molecule has 1 fully saturated rings. The molecule has 0 bridgehead atoms. The molecule has 1 aromatic rings. The van der Waals surface area contributed by atoms with Crippen LogP contribution in [0.2, 0.25) is 5.02 Å². The van der Waals surface area contributed by atoms with Gasteiger partial charge < -0.3 is 15.1 Å². The lowest BCUT2D eigenvalue weighted by Gasteiger charge is -2.34. The SMILES string of the molecule is CCNC(=O)N1CCN(C(=O)c2cccc(Cl)c2)CC1. The second kappa shape index (κ2) is 6.61. The van der Waals surface area contributed by atoms with E-state index in [2.05, 4.69) is 5.32 Å². The molecule has 20 heavy (non-hydrogen) atoms. The van der Waals surface area contributed by atoms with Gasteiger partial charge in [-0.1, -0.05) is 17.7 Å². The number of benzene rings is 1. The Kier molecular flexibility index (Phi) is 4.84. The first-order valence-corrected chi connectivity index (χ1v) is 7.07. The quantitative estimate of drug-likeness (QED) is 0.905. The number of carbonyl (C=O) groups excluding carboxylic acids is 2. The molecule has 0 spiro atoms. The van der Waals surface area contributed by atoms with Gasteiger partial charge in [-0.2, -0.15) is 0 Å². The zero-order chi connectivity index (χ0) is 14.5. The summed E-state index contributed by atoms with van der Waals surface area (Å²) in [6, 6.07) is 6.86. The number of rotatable bonds is 2. The van der Waals surface area contributed by atoms with Gasteiger partial charge in [0.1, 0.15) is 0 Å². The van der Waals surface area contributed by atoms with Crippen LogP contribution in [-0.4, -0.2) is 54.5 Å². The lowest BCUT2D eigenvalue weighted by atomic mass is 10.2. The maximum Gasteiger partial charge on any atom is 0.317 e. The van der Waals surface area contributed by atoms with Gasteiger partial charge in [0.05, 0.1) is 0 Å². The van der Waals surface area contributed by atoms with Crippen molar-refractivity contribution in [3.63, 3.8) is 0 Å². The summed E-state index contributed by atoms with van der Waals surface area (Å²) < 4.78 is 0. The third-order valence-electron chi connectivity index (χ3n) is 3.25. The van der Waals surface area contributed by atoms with E-state index in [9.17, 15) is 9.59 Å². The van der Waals surface area contributed by atoms with Crippen molar-refractivity contribution < 1.29 is 9.59 Å². The molecular formula is C14H18ClN3O2. The van der Waals surface area contributed by atoms with Crippen LogP contribution in [0.3, 0.4) is 0 Å². The summed E-state index contributed by atoms with van der Waals surface area (Å²) >= 11 is 5.90. The Morgan fingerprint density at radius 1 is 1.20 bits per heavy atom. The number of hydrogen-bond acceptors (Lipinski definition) is 2. The normalized spacial score (nSPS) is 15.1. The lowest BCUT2D eigenvalue weighted by molar-refractivity contribution is 0.0665. The summed E-state index contributed by atoms with van der Waals surface area (Å²) in [5.74, 6) is -0.0388. The smallest absolute Gasteiger partial charge is 0.317 e. The molecule has 1 aliphatic rings. The zero-order valence-corrected chi connectivity index (χ0v) is 12.2. The summed E-state index contributed by atoms with van der Waals surface area (Å²) in [5.41, 5.74) is 0.587. The van der Waals surface area contributed by atoms with Gasteiger partial charge in [0.2, 0.25) is 0 Å². The van der Waals surface area contributed by atoms with Crippen molar-refractivity contribution in [2.75, 3.05) is 32.7 Å². The average Bonchev–Trinajstić information content (AvgIpc) is 2.47. The molecule has 0 radical (unpaired) electrons. The Labute approximate surface area is 123 Å². The molecular weight excluding hydrogens is 278 g/mol. The predicted molar refractivity (Wildman–Crippen MR) is 78.0 cm³/mol. The van der Waals surface area contributed by atoms with E-state index in [1.54, 1.807) is 34.1 Å². The number of hydrogen-bond donors (Lipinski definition) is 1. The zero-order valence-electron chi connectivity index (χ0n) is 11.4. The molecule has 0 aliphatic carbocycles. The molecule has 1 saturated heterocycles. The highest BCUT2D eigenvalue weighted by molar-refractivity contribution is 6.30. The Morgan fingerprint density at radius 3 is 2.45 bits per heavy atom. The number of carbonyl (C=O) groups is 2. The largest absolute Gasteiger partial charge is 0.338 e. The molecule has 108 valence electrons. The van der Waals surface area contributed by atoms with Crippen molar-refractivity contribution in [2.24, 2.45) is 0 Å². The summed E-state index contributed by atoms with van der Waals surface area (Å²) in [5, 5.41) is 3.32. The van der Waals surface area contributed by atoms with Gasteiger partial charge in [0, 0.05) is 43.3 Å². The topological polar surface area (TPSA) is 52.7 Å². The van der Waals surface area contributed by atoms with E-state index in [1.165, 1.54) is 0 Å². The standard InChI is InChI=1S/C14H18ClN3O2/c1-2-16-14(20)18-8-6-17(7-9-18)13(19)11-4-3-5-12(15)10-11/h3-5,10H,2,6-9H2,1H3,(H,16,20). The van der Waals surface area contributed by atoms with Gasteiger partial charge in [-0.15, -0.1) is 0 Å². The second-order valence-electron chi connectivity index (χ2n) is 4.63. The van der Waals surface area contributed by atoms with Crippen LogP contribution < -0.4 is 5.32 Å². The third kappa shape index (κ3) is 3.42. The molecule has 1 aromatic carbocycles. The predicted octanol–water partition coefficient (Wildman–Crippen LogP) is 1.83. The minimum absolute atomic E-state index is 0.0388. The summed E-state index contributed by atoms with van der Waals surface area (Å²) in [7, 11) is 0. The van der Waals surface area contributed by atoms with Gasteiger partial charge in [-0.25, -0.2) is 4.79 Å². The summed E-state index contributed by atoms with van der Waals surface area (Å²) in [6.45, 7) is 4.69. The first-order chi connectivity index (χ1) is 9.61. The van der Waals surface area contributed by atoms with Gasteiger partial charge in [0.15, 0.2) is 0 Å². The van der Waals surface area contributed by atoms with Crippen LogP contribution in [0.4, 0.5) is 4.79 Å². The van der Waals surface area contributed by atoms with Crippen molar-refractivity contribution in [1.29, 1.82) is 0 Å². The number of nitrogens with one attached hydrogen (secondary N) is 1. The first-order valence-electron chi connectivity index (χ1n) is 6.69. The van der Waals surface area contributed by atoms with E-state index in [1.807, 2.05) is 6.92 Å². The Balaban J connectivity index is 1.93. The molecule has 1 aliphatic heterocycles. The van der Waals surface area contributed by atoms with Gasteiger partial charge in [0.25, 0.3) is 5.91 Å². The van der Waals surface area contributed by atoms with Crippen LogP contribution >= 0.6 is 11.6 Å². The van der Waals surface area contributed by atoms with E-state index >= 15 is 0 Å². The fraction of sp³-hybridized carbons (Fsp3) is 0.429. The van der Waals surface area contributed by atoms with Crippen molar-refractivity contribution >= 4 is 23.5 Å². The molecule has 2 rings (SSSR count). The van der Waals surface area contributed by atoms with Crippen LogP contribution in [0.25, 0.3) is 0 Å². The maximum absolute atomic E-state index is 12.3. The monoisotopic (exact) mass is 295 g/mol. The highest BCUT2D eigenvalue weighted by Gasteiger charge is 2.24. The minimum Gasteiger partial charge on any atom is -0.338 e. The number of halogens is 1. The van der Waals surface area contributed by atoms with Crippen LogP contribution in [0.5, 0.6) is 0 Å².